The summed E-state index contributed by atoms with van der Waals surface area (Å²) in [5.41, 5.74) is 8.42. The highest BCUT2D eigenvalue weighted by Gasteiger charge is 2.13. The Bertz CT molecular complexity index is 375. The quantitative estimate of drug-likeness (QED) is 0.729. The van der Waals surface area contributed by atoms with Crippen molar-refractivity contribution in [2.75, 3.05) is 46.4 Å². The average Bonchev–Trinajstić information content (AvgIpc) is 2.42. The van der Waals surface area contributed by atoms with Crippen LogP contribution >= 0.6 is 0 Å². The highest BCUT2D eigenvalue weighted by Crippen LogP contribution is 2.16. The van der Waals surface area contributed by atoms with E-state index in [0.29, 0.717) is 13.2 Å². The maximum absolute atomic E-state index is 7.11. The molecule has 1 fully saturated rings. The van der Waals surface area contributed by atoms with Gasteiger partial charge in [0.1, 0.15) is 5.75 Å². The van der Waals surface area contributed by atoms with Crippen molar-refractivity contribution in [2.24, 2.45) is 0 Å². The molecule has 105 valence electrons. The van der Waals surface area contributed by atoms with Crippen LogP contribution in [0.2, 0.25) is 0 Å². The lowest BCUT2D eigenvalue weighted by atomic mass is 10.2. The summed E-state index contributed by atoms with van der Waals surface area (Å²) in [7, 11) is 2.18. The van der Waals surface area contributed by atoms with Crippen molar-refractivity contribution in [1.82, 2.24) is 15.5 Å². The first kappa shape index (κ1) is 14.3. The molecule has 0 bridgehead atoms. The largest absolute Gasteiger partial charge is 0.494 e. The Morgan fingerprint density at radius 2 is 2.00 bits per heavy atom. The summed E-state index contributed by atoms with van der Waals surface area (Å²) in [5, 5.41) is 0. The first-order valence-electron chi connectivity index (χ1n) is 7.05. The Hall–Kier alpha value is -1.10. The third-order valence-corrected chi connectivity index (χ3v) is 3.49. The smallest absolute Gasteiger partial charge is 0.119 e. The third-order valence-electron chi connectivity index (χ3n) is 3.49. The van der Waals surface area contributed by atoms with E-state index in [9.17, 15) is 0 Å². The number of nitrogens with zero attached hydrogens (tertiary/aromatic N) is 2. The molecule has 0 aromatic heterocycles. The summed E-state index contributed by atoms with van der Waals surface area (Å²) in [6.07, 6.45) is 0.794. The molecule has 0 unspecified atom stereocenters. The summed E-state index contributed by atoms with van der Waals surface area (Å²) >= 11 is 0. The van der Waals surface area contributed by atoms with Crippen molar-refractivity contribution >= 4 is 0 Å². The lowest BCUT2D eigenvalue weighted by Gasteiger charge is -2.32. The van der Waals surface area contributed by atoms with Gasteiger partial charge in [0.05, 0.1) is 6.61 Å². The summed E-state index contributed by atoms with van der Waals surface area (Å²) in [4.78, 5) is 4.86. The zero-order valence-electron chi connectivity index (χ0n) is 11.8. The molecule has 1 aliphatic heterocycles. The minimum atomic E-state index is 0.432. The van der Waals surface area contributed by atoms with E-state index in [4.69, 9.17) is 10.5 Å². The maximum atomic E-state index is 7.11. The first-order valence-corrected chi connectivity index (χ1v) is 7.05. The first-order chi connectivity index (χ1) is 9.28. The van der Waals surface area contributed by atoms with Gasteiger partial charge in [0.15, 0.2) is 0 Å². The molecule has 1 aromatic rings. The van der Waals surface area contributed by atoms with Crippen LogP contribution in [0.5, 0.6) is 5.75 Å². The fourth-order valence-electron chi connectivity index (χ4n) is 2.26. The van der Waals surface area contributed by atoms with Gasteiger partial charge in [-0.2, -0.15) is 0 Å². The normalized spacial score (nSPS) is 17.6. The number of rotatable bonds is 6. The molecule has 1 aromatic carbocycles. The zero-order chi connectivity index (χ0) is 13.5. The molecule has 0 atom stereocenters. The molecule has 0 aliphatic carbocycles. The van der Waals surface area contributed by atoms with Crippen LogP contribution < -0.4 is 10.5 Å². The Balaban J connectivity index is 1.84. The number of hydrogen-bond donors (Lipinski definition) is 0. The molecule has 1 radical (unpaired) electrons. The van der Waals surface area contributed by atoms with Crippen molar-refractivity contribution in [2.45, 2.75) is 13.0 Å². The fourth-order valence-corrected chi connectivity index (χ4v) is 2.26. The van der Waals surface area contributed by atoms with Crippen molar-refractivity contribution in [3.8, 4) is 5.75 Å². The molecule has 1 aliphatic rings. The molecule has 2 rings (SSSR count). The van der Waals surface area contributed by atoms with Crippen LogP contribution in [0.15, 0.2) is 24.3 Å². The lowest BCUT2D eigenvalue weighted by Crippen LogP contribution is -2.43. The third kappa shape index (κ3) is 4.82. The highest BCUT2D eigenvalue weighted by atomic mass is 16.5. The minimum Gasteiger partial charge on any atom is -0.494 e. The van der Waals surface area contributed by atoms with E-state index >= 15 is 0 Å². The lowest BCUT2D eigenvalue weighted by molar-refractivity contribution is 0.148. The number of piperazine rings is 1. The van der Waals surface area contributed by atoms with Crippen molar-refractivity contribution in [3.63, 3.8) is 0 Å². The second kappa shape index (κ2) is 7.48. The Morgan fingerprint density at radius 3 is 2.74 bits per heavy atom. The molecule has 0 spiro atoms. The van der Waals surface area contributed by atoms with E-state index in [2.05, 4.69) is 35.0 Å². The van der Waals surface area contributed by atoms with Gasteiger partial charge in [0.25, 0.3) is 0 Å². The standard InChI is InChI=1S/C15H24N3O/c1-17-7-9-18(10-8-17)13-14-4-2-5-15(12-14)19-11-3-6-16/h2,4-5,12,16H,3,6-11,13H2,1H3. The summed E-state index contributed by atoms with van der Waals surface area (Å²) in [6.45, 7) is 6.66. The molecule has 0 amide bonds. The SMILES string of the molecule is CN1CCN(Cc2cccc(OCCC[NH])c2)CC1. The van der Waals surface area contributed by atoms with Crippen molar-refractivity contribution in [1.29, 1.82) is 0 Å². The topological polar surface area (TPSA) is 39.5 Å². The zero-order valence-corrected chi connectivity index (χ0v) is 11.8. The van der Waals surface area contributed by atoms with Gasteiger partial charge in [0, 0.05) is 39.3 Å². The number of benzene rings is 1. The second-order valence-electron chi connectivity index (χ2n) is 5.18. The van der Waals surface area contributed by atoms with Gasteiger partial charge in [-0.1, -0.05) is 12.1 Å². The van der Waals surface area contributed by atoms with E-state index in [1.165, 1.54) is 5.56 Å². The predicted molar refractivity (Wildman–Crippen MR) is 77.3 cm³/mol. The van der Waals surface area contributed by atoms with Crippen molar-refractivity contribution < 1.29 is 4.74 Å². The Morgan fingerprint density at radius 1 is 1.21 bits per heavy atom. The van der Waals surface area contributed by atoms with E-state index in [1.54, 1.807) is 0 Å². The molecule has 19 heavy (non-hydrogen) atoms. The number of ether oxygens (including phenoxy) is 1. The highest BCUT2D eigenvalue weighted by molar-refractivity contribution is 5.28. The molecular formula is C15H24N3O. The molecule has 4 nitrogen and oxygen atoms in total. The van der Waals surface area contributed by atoms with E-state index < -0.39 is 0 Å². The van der Waals surface area contributed by atoms with E-state index in [0.717, 1.165) is 44.9 Å². The van der Waals surface area contributed by atoms with Gasteiger partial charge in [0.2, 0.25) is 0 Å². The molecule has 4 heteroatoms. The van der Waals surface area contributed by atoms with Gasteiger partial charge in [-0.25, -0.2) is 0 Å². The minimum absolute atomic E-state index is 0.432. The predicted octanol–water partition coefficient (Wildman–Crippen LogP) is 1.49. The molecule has 1 N–H and O–H groups in total. The van der Waals surface area contributed by atoms with E-state index in [1.807, 2.05) is 6.07 Å². The number of hydrogen-bond acceptors (Lipinski definition) is 3. The van der Waals surface area contributed by atoms with Crippen LogP contribution in [0, 0.1) is 0 Å². The van der Waals surface area contributed by atoms with Gasteiger partial charge in [-0.05, 0) is 31.2 Å². The molecule has 0 saturated carbocycles. The summed E-state index contributed by atoms with van der Waals surface area (Å²) in [5.74, 6) is 0.931. The van der Waals surface area contributed by atoms with E-state index in [-0.39, 0.29) is 0 Å². The van der Waals surface area contributed by atoms with Gasteiger partial charge in [-0.3, -0.25) is 10.6 Å². The molecule has 1 saturated heterocycles. The summed E-state index contributed by atoms with van der Waals surface area (Å²) < 4.78 is 5.65. The van der Waals surface area contributed by atoms with Crippen LogP contribution in [0.3, 0.4) is 0 Å². The maximum Gasteiger partial charge on any atom is 0.119 e. The average molecular weight is 262 g/mol. The fraction of sp³-hybridized carbons (Fsp3) is 0.600. The van der Waals surface area contributed by atoms with Gasteiger partial charge < -0.3 is 9.64 Å². The number of likely N-dealkylation sites (N-methyl/N-ethyl adjacent to an activating group) is 1. The Kier molecular flexibility index (Phi) is 5.63. The molecule has 1 heterocycles. The van der Waals surface area contributed by atoms with Crippen LogP contribution in [0.25, 0.3) is 0 Å². The molecular weight excluding hydrogens is 238 g/mol. The number of nitrogens with one attached hydrogen (secondary N) is 1. The summed E-state index contributed by atoms with van der Waals surface area (Å²) in [6, 6.07) is 8.34. The monoisotopic (exact) mass is 262 g/mol. The second-order valence-corrected chi connectivity index (χ2v) is 5.18. The Labute approximate surface area is 116 Å². The van der Waals surface area contributed by atoms with Gasteiger partial charge in [-0.15, -0.1) is 0 Å². The van der Waals surface area contributed by atoms with Crippen LogP contribution in [-0.2, 0) is 6.54 Å². The van der Waals surface area contributed by atoms with Crippen LogP contribution in [0.1, 0.15) is 12.0 Å². The van der Waals surface area contributed by atoms with Crippen molar-refractivity contribution in [3.05, 3.63) is 29.8 Å². The van der Waals surface area contributed by atoms with Crippen LogP contribution in [0.4, 0.5) is 0 Å². The van der Waals surface area contributed by atoms with Gasteiger partial charge >= 0.3 is 0 Å². The van der Waals surface area contributed by atoms with Crippen LogP contribution in [-0.4, -0.2) is 56.2 Å².